The highest BCUT2D eigenvalue weighted by atomic mass is 16.7. The second-order valence-electron chi connectivity index (χ2n) is 9.98. The van der Waals surface area contributed by atoms with Crippen molar-refractivity contribution < 1.29 is 19.4 Å². The van der Waals surface area contributed by atoms with Gasteiger partial charge >= 0.3 is 0 Å². The number of unbranched alkanes of at least 4 members (excludes halogenated alkanes) is 1. The first-order chi connectivity index (χ1) is 17.1. The minimum Gasteiger partial charge on any atom is -0.388 e. The molecule has 0 radical (unpaired) electrons. The fourth-order valence-corrected chi connectivity index (χ4v) is 5.97. The summed E-state index contributed by atoms with van der Waals surface area (Å²) in [4.78, 5) is 13.4. The summed E-state index contributed by atoms with van der Waals surface area (Å²) in [6.45, 7) is 2.99. The monoisotopic (exact) mass is 470 g/mol. The molecule has 3 atom stereocenters. The lowest BCUT2D eigenvalue weighted by Gasteiger charge is -2.48. The largest absolute Gasteiger partial charge is 0.388 e. The molecule has 4 heteroatoms. The summed E-state index contributed by atoms with van der Waals surface area (Å²) in [5.41, 5.74) is 2.58. The predicted octanol–water partition coefficient (Wildman–Crippen LogP) is 5.84. The summed E-state index contributed by atoms with van der Waals surface area (Å²) in [7, 11) is 0. The van der Waals surface area contributed by atoms with Gasteiger partial charge in [0.25, 0.3) is 0 Å². The van der Waals surface area contributed by atoms with Gasteiger partial charge in [-0.15, -0.1) is 0 Å². The van der Waals surface area contributed by atoms with Gasteiger partial charge in [0, 0.05) is 5.92 Å². The molecule has 4 nitrogen and oxygen atoms in total. The number of rotatable bonds is 7. The fraction of sp³-hybridized carbons (Fsp3) is 0.387. The van der Waals surface area contributed by atoms with Crippen LogP contribution in [0.3, 0.4) is 0 Å². The lowest BCUT2D eigenvalue weighted by molar-refractivity contribution is -0.305. The maximum Gasteiger partial charge on any atom is 0.178 e. The summed E-state index contributed by atoms with van der Waals surface area (Å²) in [6.07, 6.45) is 2.04. The molecule has 1 saturated carbocycles. The van der Waals surface area contributed by atoms with Crippen molar-refractivity contribution in [2.24, 2.45) is 11.8 Å². The van der Waals surface area contributed by atoms with E-state index in [1.54, 1.807) is 0 Å². The standard InChI is InChI=1S/C31H34O4/c1-2-3-19-26-28(29(33)23-13-7-4-8-14-23)27(32)20-31(26)34-21-30(22-35-31,24-15-9-5-10-16-24)25-17-11-6-12-18-25/h4-18,26,28-29,33H,2-3,19-22H2,1H3/t26-,28-,29+/m1/s1. The van der Waals surface area contributed by atoms with Gasteiger partial charge in [-0.3, -0.25) is 4.79 Å². The van der Waals surface area contributed by atoms with Crippen molar-refractivity contribution in [1.29, 1.82) is 0 Å². The highest BCUT2D eigenvalue weighted by Gasteiger charge is 2.60. The Kier molecular flexibility index (Phi) is 6.88. The van der Waals surface area contributed by atoms with E-state index in [0.717, 1.165) is 36.0 Å². The van der Waals surface area contributed by atoms with Gasteiger partial charge < -0.3 is 14.6 Å². The highest BCUT2D eigenvalue weighted by Crippen LogP contribution is 2.52. The summed E-state index contributed by atoms with van der Waals surface area (Å²) in [6, 6.07) is 30.2. The summed E-state index contributed by atoms with van der Waals surface area (Å²) in [5, 5.41) is 11.3. The zero-order valence-corrected chi connectivity index (χ0v) is 20.3. The van der Waals surface area contributed by atoms with Gasteiger partial charge in [0.1, 0.15) is 5.78 Å². The molecule has 182 valence electrons. The average Bonchev–Trinajstić information content (AvgIpc) is 3.19. The molecule has 35 heavy (non-hydrogen) atoms. The van der Waals surface area contributed by atoms with Gasteiger partial charge in [-0.2, -0.15) is 0 Å². The maximum absolute atomic E-state index is 13.4. The second kappa shape index (κ2) is 10.1. The molecule has 5 rings (SSSR count). The molecule has 2 aliphatic rings. The Bertz CT molecular complexity index is 1060. The number of hydrogen-bond donors (Lipinski definition) is 1. The Balaban J connectivity index is 1.48. The van der Waals surface area contributed by atoms with E-state index in [-0.39, 0.29) is 18.1 Å². The lowest BCUT2D eigenvalue weighted by atomic mass is 9.74. The Morgan fingerprint density at radius 2 is 1.37 bits per heavy atom. The molecule has 1 aliphatic heterocycles. The Morgan fingerprint density at radius 1 is 0.857 bits per heavy atom. The van der Waals surface area contributed by atoms with Crippen molar-refractivity contribution in [3.63, 3.8) is 0 Å². The van der Waals surface area contributed by atoms with E-state index in [1.807, 2.05) is 66.7 Å². The van der Waals surface area contributed by atoms with Crippen LogP contribution in [0.5, 0.6) is 0 Å². The third-order valence-electron chi connectivity index (χ3n) is 7.92. The number of aliphatic hydroxyl groups is 1. The molecule has 1 aliphatic carbocycles. The van der Waals surface area contributed by atoms with Gasteiger partial charge in [-0.1, -0.05) is 111 Å². The topological polar surface area (TPSA) is 55.8 Å². The van der Waals surface area contributed by atoms with Crippen molar-refractivity contribution in [2.45, 2.75) is 49.9 Å². The zero-order valence-electron chi connectivity index (χ0n) is 20.3. The average molecular weight is 471 g/mol. The van der Waals surface area contributed by atoms with Crippen molar-refractivity contribution in [1.82, 2.24) is 0 Å². The van der Waals surface area contributed by atoms with E-state index in [4.69, 9.17) is 9.47 Å². The van der Waals surface area contributed by atoms with Gasteiger partial charge in [-0.05, 0) is 23.1 Å². The third-order valence-corrected chi connectivity index (χ3v) is 7.92. The van der Waals surface area contributed by atoms with E-state index in [9.17, 15) is 9.90 Å². The first kappa shape index (κ1) is 23.9. The van der Waals surface area contributed by atoms with Crippen molar-refractivity contribution in [3.8, 4) is 0 Å². The van der Waals surface area contributed by atoms with Gasteiger partial charge in [0.05, 0.1) is 37.1 Å². The first-order valence-corrected chi connectivity index (χ1v) is 12.7. The second-order valence-corrected chi connectivity index (χ2v) is 9.98. The molecule has 3 aromatic rings. The maximum atomic E-state index is 13.4. The fourth-order valence-electron chi connectivity index (χ4n) is 5.97. The van der Waals surface area contributed by atoms with E-state index < -0.39 is 23.2 Å². The number of Topliss-reactive ketones (excluding diaryl/α,β-unsaturated/α-hetero) is 1. The van der Waals surface area contributed by atoms with Crippen LogP contribution in [-0.2, 0) is 19.7 Å². The number of aliphatic hydroxyl groups excluding tert-OH is 1. The number of hydrogen-bond acceptors (Lipinski definition) is 4. The van der Waals surface area contributed by atoms with Crippen LogP contribution in [0.15, 0.2) is 91.0 Å². The molecule has 1 spiro atoms. The molecule has 1 heterocycles. The van der Waals surface area contributed by atoms with E-state index >= 15 is 0 Å². The minimum absolute atomic E-state index is 0.0226. The van der Waals surface area contributed by atoms with E-state index in [0.29, 0.717) is 13.2 Å². The predicted molar refractivity (Wildman–Crippen MR) is 136 cm³/mol. The highest BCUT2D eigenvalue weighted by molar-refractivity contribution is 5.85. The number of carbonyl (C=O) groups is 1. The Labute approximate surface area is 207 Å². The molecular formula is C31H34O4. The van der Waals surface area contributed by atoms with Gasteiger partial charge in [-0.25, -0.2) is 0 Å². The van der Waals surface area contributed by atoms with Gasteiger partial charge in [0.2, 0.25) is 0 Å². The summed E-state index contributed by atoms with van der Waals surface area (Å²) < 4.78 is 13.4. The smallest absolute Gasteiger partial charge is 0.178 e. The van der Waals surface area contributed by atoms with Crippen molar-refractivity contribution in [3.05, 3.63) is 108 Å². The molecule has 1 saturated heterocycles. The molecule has 2 fully saturated rings. The number of ketones is 1. The van der Waals surface area contributed by atoms with Crippen LogP contribution in [0.25, 0.3) is 0 Å². The molecule has 1 N–H and O–H groups in total. The quantitative estimate of drug-likeness (QED) is 0.471. The van der Waals surface area contributed by atoms with E-state index in [2.05, 4.69) is 31.2 Å². The summed E-state index contributed by atoms with van der Waals surface area (Å²) in [5.74, 6) is -1.71. The van der Waals surface area contributed by atoms with Crippen molar-refractivity contribution >= 4 is 5.78 Å². The molecule has 0 bridgehead atoms. The SMILES string of the molecule is CCCC[C@@H]1[C@@H]([C@@H](O)c2ccccc2)C(=O)CC12OCC(c1ccccc1)(c1ccccc1)CO2. The number of carbonyl (C=O) groups excluding carboxylic acids is 1. The molecule has 0 aromatic heterocycles. The van der Waals surface area contributed by atoms with Crippen LogP contribution < -0.4 is 0 Å². The summed E-state index contributed by atoms with van der Waals surface area (Å²) >= 11 is 0. The van der Waals surface area contributed by atoms with Crippen LogP contribution in [0.1, 0.15) is 55.4 Å². The number of ether oxygens (including phenoxy) is 2. The molecule has 0 amide bonds. The Hall–Kier alpha value is -2.79. The third kappa shape index (κ3) is 4.35. The number of benzene rings is 3. The molecular weight excluding hydrogens is 436 g/mol. The first-order valence-electron chi connectivity index (χ1n) is 12.7. The van der Waals surface area contributed by atoms with Crippen molar-refractivity contribution in [2.75, 3.05) is 13.2 Å². The van der Waals surface area contributed by atoms with Gasteiger partial charge in [0.15, 0.2) is 5.79 Å². The minimum atomic E-state index is -1.00. The van der Waals surface area contributed by atoms with E-state index in [1.165, 1.54) is 0 Å². The Morgan fingerprint density at radius 3 is 1.89 bits per heavy atom. The zero-order chi connectivity index (χ0) is 24.3. The lowest BCUT2D eigenvalue weighted by Crippen LogP contribution is -2.54. The van der Waals surface area contributed by atoms with Crippen LogP contribution in [0, 0.1) is 11.8 Å². The normalized spacial score (nSPS) is 23.9. The van der Waals surface area contributed by atoms with Crippen LogP contribution >= 0.6 is 0 Å². The van der Waals surface area contributed by atoms with Crippen LogP contribution in [0.4, 0.5) is 0 Å². The molecule has 0 unspecified atom stereocenters. The molecule has 3 aromatic carbocycles. The van der Waals surface area contributed by atoms with Crippen LogP contribution in [0.2, 0.25) is 0 Å². The van der Waals surface area contributed by atoms with Crippen LogP contribution in [-0.4, -0.2) is 29.9 Å².